The summed E-state index contributed by atoms with van der Waals surface area (Å²) in [6.07, 6.45) is 12.9. The van der Waals surface area contributed by atoms with Crippen molar-refractivity contribution in [1.82, 2.24) is 15.2 Å². The van der Waals surface area contributed by atoms with Crippen molar-refractivity contribution < 1.29 is 0 Å². The van der Waals surface area contributed by atoms with Crippen LogP contribution in [0.3, 0.4) is 0 Å². The van der Waals surface area contributed by atoms with Crippen molar-refractivity contribution >= 4 is 17.3 Å². The normalized spacial score (nSPS) is 15.7. The van der Waals surface area contributed by atoms with Gasteiger partial charge in [-0.3, -0.25) is 4.98 Å². The molecule has 4 heteroatoms. The average Bonchev–Trinajstić information content (AvgIpc) is 2.65. The number of hydrogen-bond donors (Lipinski definition) is 1. The summed E-state index contributed by atoms with van der Waals surface area (Å²) >= 11 is 5.83. The Bertz CT molecular complexity index is 610. The lowest BCUT2D eigenvalue weighted by atomic mass is 9.97. The van der Waals surface area contributed by atoms with E-state index >= 15 is 0 Å². The van der Waals surface area contributed by atoms with Crippen molar-refractivity contribution in [3.05, 3.63) is 66.0 Å². The second kappa shape index (κ2) is 10.3. The molecule has 0 spiro atoms. The maximum absolute atomic E-state index is 5.83. The fraction of sp³-hybridized carbons (Fsp3) is 0.455. The predicted octanol–water partition coefficient (Wildman–Crippen LogP) is 5.07. The first-order valence-electron chi connectivity index (χ1n) is 9.79. The van der Waals surface area contributed by atoms with Crippen LogP contribution in [0.4, 0.5) is 0 Å². The van der Waals surface area contributed by atoms with Crippen molar-refractivity contribution in [3.8, 4) is 0 Å². The second-order valence-corrected chi connectivity index (χ2v) is 7.58. The summed E-state index contributed by atoms with van der Waals surface area (Å²) in [6.45, 7) is 1.59. The summed E-state index contributed by atoms with van der Waals surface area (Å²) in [4.78, 5) is 6.52. The molecule has 1 aliphatic carbocycles. The lowest BCUT2D eigenvalue weighted by Gasteiger charge is -2.30. The molecule has 2 aromatic rings. The minimum Gasteiger partial charge on any atom is -0.360 e. The lowest BCUT2D eigenvalue weighted by Crippen LogP contribution is -2.44. The number of thiocarbonyl (C=S) groups is 1. The highest BCUT2D eigenvalue weighted by Crippen LogP contribution is 2.18. The van der Waals surface area contributed by atoms with Gasteiger partial charge in [-0.05, 0) is 42.3 Å². The van der Waals surface area contributed by atoms with E-state index in [0.29, 0.717) is 6.04 Å². The standard InChI is InChI=1S/C22H29N3S/c26-22(24-21-13-7-2-1-3-8-14-21)25(17-19-10-5-4-6-11-19)18-20-12-9-15-23-16-20/h4-6,9-12,15-16,21H,1-3,7-8,13-14,17-18H2,(H,24,26). The molecule has 0 unspecified atom stereocenters. The minimum absolute atomic E-state index is 0.509. The van der Waals surface area contributed by atoms with Crippen LogP contribution < -0.4 is 5.32 Å². The molecular formula is C22H29N3S. The van der Waals surface area contributed by atoms with Gasteiger partial charge in [0.15, 0.2) is 5.11 Å². The third-order valence-corrected chi connectivity index (χ3v) is 5.41. The van der Waals surface area contributed by atoms with Crippen LogP contribution in [-0.4, -0.2) is 21.0 Å². The molecule has 0 radical (unpaired) electrons. The summed E-state index contributed by atoms with van der Waals surface area (Å²) < 4.78 is 0. The summed E-state index contributed by atoms with van der Waals surface area (Å²) in [5.74, 6) is 0. The quantitative estimate of drug-likeness (QED) is 0.747. The van der Waals surface area contributed by atoms with E-state index < -0.39 is 0 Å². The molecule has 0 bridgehead atoms. The highest BCUT2D eigenvalue weighted by Gasteiger charge is 2.17. The monoisotopic (exact) mass is 367 g/mol. The van der Waals surface area contributed by atoms with Crippen LogP contribution in [0.5, 0.6) is 0 Å². The number of nitrogens with one attached hydrogen (secondary N) is 1. The van der Waals surface area contributed by atoms with Gasteiger partial charge in [0.25, 0.3) is 0 Å². The zero-order valence-electron chi connectivity index (χ0n) is 15.4. The third kappa shape index (κ3) is 6.10. The fourth-order valence-electron chi connectivity index (χ4n) is 3.58. The predicted molar refractivity (Wildman–Crippen MR) is 112 cm³/mol. The Morgan fingerprint density at radius 2 is 1.58 bits per heavy atom. The van der Waals surface area contributed by atoms with Gasteiger partial charge in [-0.1, -0.05) is 68.5 Å². The van der Waals surface area contributed by atoms with Crippen molar-refractivity contribution in [3.63, 3.8) is 0 Å². The van der Waals surface area contributed by atoms with Gasteiger partial charge in [0.2, 0.25) is 0 Å². The van der Waals surface area contributed by atoms with Crippen molar-refractivity contribution in [2.45, 2.75) is 64.1 Å². The van der Waals surface area contributed by atoms with Crippen LogP contribution in [0.1, 0.15) is 56.1 Å². The molecule has 0 aliphatic heterocycles. The fourth-order valence-corrected chi connectivity index (χ4v) is 3.88. The Balaban J connectivity index is 1.67. The summed E-state index contributed by atoms with van der Waals surface area (Å²) in [7, 11) is 0. The molecule has 1 aliphatic rings. The van der Waals surface area contributed by atoms with Crippen molar-refractivity contribution in [2.75, 3.05) is 0 Å². The van der Waals surface area contributed by atoms with E-state index in [9.17, 15) is 0 Å². The van der Waals surface area contributed by atoms with Crippen LogP contribution in [-0.2, 0) is 13.1 Å². The van der Waals surface area contributed by atoms with Gasteiger partial charge >= 0.3 is 0 Å². The molecule has 0 amide bonds. The Kier molecular flexibility index (Phi) is 7.44. The van der Waals surface area contributed by atoms with Gasteiger partial charge in [-0.25, -0.2) is 0 Å². The molecule has 0 atom stereocenters. The molecule has 138 valence electrons. The topological polar surface area (TPSA) is 28.2 Å². The van der Waals surface area contributed by atoms with Gasteiger partial charge in [-0.15, -0.1) is 0 Å². The minimum atomic E-state index is 0.509. The average molecular weight is 368 g/mol. The summed E-state index contributed by atoms with van der Waals surface area (Å²) in [5.41, 5.74) is 2.46. The Labute approximate surface area is 162 Å². The highest BCUT2D eigenvalue weighted by molar-refractivity contribution is 7.80. The van der Waals surface area contributed by atoms with E-state index in [-0.39, 0.29) is 0 Å². The molecule has 1 heterocycles. The number of aromatic nitrogens is 1. The maximum atomic E-state index is 5.83. The summed E-state index contributed by atoms with van der Waals surface area (Å²) in [5, 5.41) is 4.53. The molecule has 0 saturated heterocycles. The first-order valence-corrected chi connectivity index (χ1v) is 10.2. The van der Waals surface area contributed by atoms with Crippen molar-refractivity contribution in [1.29, 1.82) is 0 Å². The number of nitrogens with zero attached hydrogens (tertiary/aromatic N) is 2. The Morgan fingerprint density at radius 1 is 0.923 bits per heavy atom. The molecule has 1 aromatic heterocycles. The van der Waals surface area contributed by atoms with Crippen LogP contribution in [0, 0.1) is 0 Å². The Hall–Kier alpha value is -1.94. The number of benzene rings is 1. The van der Waals surface area contributed by atoms with Gasteiger partial charge in [0.05, 0.1) is 0 Å². The van der Waals surface area contributed by atoms with Gasteiger partial charge in [-0.2, -0.15) is 0 Å². The van der Waals surface area contributed by atoms with E-state index in [2.05, 4.69) is 51.6 Å². The summed E-state index contributed by atoms with van der Waals surface area (Å²) in [6, 6.07) is 15.2. The molecule has 3 nitrogen and oxygen atoms in total. The van der Waals surface area contributed by atoms with Crippen LogP contribution in [0.15, 0.2) is 54.9 Å². The lowest BCUT2D eigenvalue weighted by molar-refractivity contribution is 0.370. The molecule has 1 aromatic carbocycles. The SMILES string of the molecule is S=C(NC1CCCCCCC1)N(Cc1ccccc1)Cc1cccnc1. The van der Waals surface area contributed by atoms with E-state index in [1.165, 1.54) is 56.1 Å². The van der Waals surface area contributed by atoms with Crippen LogP contribution >= 0.6 is 12.2 Å². The number of pyridine rings is 1. The zero-order valence-corrected chi connectivity index (χ0v) is 16.3. The molecule has 1 saturated carbocycles. The van der Waals surface area contributed by atoms with Crippen molar-refractivity contribution in [2.24, 2.45) is 0 Å². The first-order chi connectivity index (χ1) is 12.8. The van der Waals surface area contributed by atoms with Gasteiger partial charge in [0, 0.05) is 31.5 Å². The van der Waals surface area contributed by atoms with E-state index in [1.54, 1.807) is 0 Å². The van der Waals surface area contributed by atoms with E-state index in [0.717, 1.165) is 18.2 Å². The number of rotatable bonds is 5. The maximum Gasteiger partial charge on any atom is 0.169 e. The molecule has 1 fully saturated rings. The molecule has 26 heavy (non-hydrogen) atoms. The second-order valence-electron chi connectivity index (χ2n) is 7.19. The first kappa shape index (κ1) is 18.8. The largest absolute Gasteiger partial charge is 0.360 e. The Morgan fingerprint density at radius 3 is 2.27 bits per heavy atom. The molecule has 3 rings (SSSR count). The molecule has 1 N–H and O–H groups in total. The van der Waals surface area contributed by atoms with Crippen LogP contribution in [0.25, 0.3) is 0 Å². The highest BCUT2D eigenvalue weighted by atomic mass is 32.1. The van der Waals surface area contributed by atoms with Gasteiger partial charge < -0.3 is 10.2 Å². The van der Waals surface area contributed by atoms with Gasteiger partial charge in [0.1, 0.15) is 0 Å². The smallest absolute Gasteiger partial charge is 0.169 e. The van der Waals surface area contributed by atoms with E-state index in [1.807, 2.05) is 18.5 Å². The van der Waals surface area contributed by atoms with E-state index in [4.69, 9.17) is 12.2 Å². The third-order valence-electron chi connectivity index (χ3n) is 5.03. The zero-order chi connectivity index (χ0) is 18.0. The number of hydrogen-bond acceptors (Lipinski definition) is 2. The molecular weight excluding hydrogens is 338 g/mol. The van der Waals surface area contributed by atoms with Crippen LogP contribution in [0.2, 0.25) is 0 Å².